The second-order valence-corrected chi connectivity index (χ2v) is 8.06. The number of rotatable bonds is 8. The summed E-state index contributed by atoms with van der Waals surface area (Å²) in [6, 6.07) is 19.2. The van der Waals surface area contributed by atoms with Crippen LogP contribution in [-0.2, 0) is 11.3 Å². The van der Waals surface area contributed by atoms with Crippen molar-refractivity contribution in [3.8, 4) is 11.5 Å². The molecule has 4 rings (SSSR count). The number of fused-ring (bicyclic) bond motifs is 1. The first kappa shape index (κ1) is 23.8. The number of carbonyl (C=O) groups is 2. The van der Waals surface area contributed by atoms with Crippen LogP contribution in [0.1, 0.15) is 28.4 Å². The molecule has 1 amide bonds. The molecule has 7 nitrogen and oxygen atoms in total. The molecule has 7 heteroatoms. The molecule has 0 fully saturated rings. The predicted molar refractivity (Wildman–Crippen MR) is 136 cm³/mol. The fraction of sp³-hybridized carbons (Fsp3) is 0.179. The summed E-state index contributed by atoms with van der Waals surface area (Å²) in [7, 11) is 1.53. The molecule has 178 valence electrons. The van der Waals surface area contributed by atoms with Crippen molar-refractivity contribution in [2.75, 3.05) is 19.0 Å². The van der Waals surface area contributed by atoms with Crippen LogP contribution >= 0.6 is 0 Å². The summed E-state index contributed by atoms with van der Waals surface area (Å²) in [5, 5.41) is 3.14. The van der Waals surface area contributed by atoms with Gasteiger partial charge in [-0.1, -0.05) is 42.0 Å². The standard InChI is InChI=1S/C28H26N2O5/c1-4-35-20-13-14-24-21(15-20)28(33)22(27(32)19-11-9-18(2)10-12-19)16-30(24)17-26(31)29-23-7-5-6-8-25(23)34-3/h5-16H,4,17H2,1-3H3,(H,29,31). The fourth-order valence-electron chi connectivity index (χ4n) is 3.88. The van der Waals surface area contributed by atoms with Gasteiger partial charge in [-0.25, -0.2) is 0 Å². The topological polar surface area (TPSA) is 86.6 Å². The van der Waals surface area contributed by atoms with Gasteiger partial charge in [0, 0.05) is 11.8 Å². The second-order valence-electron chi connectivity index (χ2n) is 8.06. The molecule has 35 heavy (non-hydrogen) atoms. The number of para-hydroxylation sites is 2. The largest absolute Gasteiger partial charge is 0.495 e. The molecule has 0 aliphatic carbocycles. The van der Waals surface area contributed by atoms with Crippen molar-refractivity contribution in [2.24, 2.45) is 0 Å². The van der Waals surface area contributed by atoms with Crippen LogP contribution in [0.5, 0.6) is 11.5 Å². The van der Waals surface area contributed by atoms with Gasteiger partial charge in [-0.3, -0.25) is 14.4 Å². The first-order chi connectivity index (χ1) is 16.9. The molecular formula is C28H26N2O5. The highest BCUT2D eigenvalue weighted by molar-refractivity contribution is 6.10. The number of ether oxygens (including phenoxy) is 2. The minimum Gasteiger partial charge on any atom is -0.495 e. The zero-order valence-corrected chi connectivity index (χ0v) is 19.8. The first-order valence-electron chi connectivity index (χ1n) is 11.3. The lowest BCUT2D eigenvalue weighted by molar-refractivity contribution is -0.116. The highest BCUT2D eigenvalue weighted by atomic mass is 16.5. The molecule has 1 aromatic heterocycles. The van der Waals surface area contributed by atoms with Gasteiger partial charge >= 0.3 is 0 Å². The summed E-state index contributed by atoms with van der Waals surface area (Å²) in [5.74, 6) is 0.309. The van der Waals surface area contributed by atoms with Crippen LogP contribution < -0.4 is 20.2 Å². The van der Waals surface area contributed by atoms with E-state index in [1.807, 2.05) is 32.0 Å². The maximum absolute atomic E-state index is 13.4. The van der Waals surface area contributed by atoms with E-state index in [2.05, 4.69) is 5.32 Å². The third kappa shape index (κ3) is 5.09. The molecule has 0 saturated carbocycles. The van der Waals surface area contributed by atoms with Crippen molar-refractivity contribution in [3.63, 3.8) is 0 Å². The monoisotopic (exact) mass is 470 g/mol. The number of benzene rings is 3. The molecule has 0 atom stereocenters. The number of nitrogens with zero attached hydrogens (tertiary/aromatic N) is 1. The number of hydrogen-bond donors (Lipinski definition) is 1. The molecule has 0 aliphatic rings. The maximum Gasteiger partial charge on any atom is 0.244 e. The highest BCUT2D eigenvalue weighted by Gasteiger charge is 2.19. The van der Waals surface area contributed by atoms with Crippen molar-refractivity contribution >= 4 is 28.3 Å². The fourth-order valence-corrected chi connectivity index (χ4v) is 3.88. The minimum absolute atomic E-state index is 0.0138. The second kappa shape index (κ2) is 10.3. The third-order valence-corrected chi connectivity index (χ3v) is 5.62. The number of aromatic nitrogens is 1. The van der Waals surface area contributed by atoms with Crippen molar-refractivity contribution in [3.05, 3.63) is 99.8 Å². The van der Waals surface area contributed by atoms with Gasteiger partial charge in [-0.2, -0.15) is 0 Å². The van der Waals surface area contributed by atoms with Gasteiger partial charge in [0.25, 0.3) is 0 Å². The van der Waals surface area contributed by atoms with Gasteiger partial charge in [-0.15, -0.1) is 0 Å². The Morgan fingerprint density at radius 1 is 1.00 bits per heavy atom. The lowest BCUT2D eigenvalue weighted by Crippen LogP contribution is -2.24. The Labute approximate surface area is 202 Å². The number of aryl methyl sites for hydroxylation is 1. The Balaban J connectivity index is 1.78. The van der Waals surface area contributed by atoms with Gasteiger partial charge in [0.15, 0.2) is 5.78 Å². The Bertz CT molecular complexity index is 1450. The number of nitrogens with one attached hydrogen (secondary N) is 1. The summed E-state index contributed by atoms with van der Waals surface area (Å²) < 4.78 is 12.5. The number of hydrogen-bond acceptors (Lipinski definition) is 5. The molecule has 0 aliphatic heterocycles. The van der Waals surface area contributed by atoms with E-state index in [1.165, 1.54) is 13.3 Å². The Morgan fingerprint density at radius 3 is 2.46 bits per heavy atom. The number of carbonyl (C=O) groups excluding carboxylic acids is 2. The molecule has 0 saturated heterocycles. The van der Waals surface area contributed by atoms with Crippen LogP contribution in [0, 0.1) is 6.92 Å². The van der Waals surface area contributed by atoms with E-state index in [0.29, 0.717) is 40.3 Å². The zero-order chi connectivity index (χ0) is 24.9. The molecule has 0 radical (unpaired) electrons. The zero-order valence-electron chi connectivity index (χ0n) is 19.8. The minimum atomic E-state index is -0.409. The Hall–Kier alpha value is -4.39. The molecule has 4 aromatic rings. The number of pyridine rings is 1. The number of amides is 1. The molecule has 0 spiro atoms. The third-order valence-electron chi connectivity index (χ3n) is 5.62. The SMILES string of the molecule is CCOc1ccc2c(c1)c(=O)c(C(=O)c1ccc(C)cc1)cn2CC(=O)Nc1ccccc1OC. The van der Waals surface area contributed by atoms with Crippen LogP contribution in [0.25, 0.3) is 10.9 Å². The van der Waals surface area contributed by atoms with Crippen LogP contribution in [0.2, 0.25) is 0 Å². The van der Waals surface area contributed by atoms with Gasteiger partial charge in [0.1, 0.15) is 18.0 Å². The maximum atomic E-state index is 13.4. The summed E-state index contributed by atoms with van der Waals surface area (Å²) in [6.07, 6.45) is 1.45. The first-order valence-corrected chi connectivity index (χ1v) is 11.3. The van der Waals surface area contributed by atoms with Gasteiger partial charge in [-0.05, 0) is 44.2 Å². The molecule has 1 heterocycles. The van der Waals surface area contributed by atoms with Gasteiger partial charge in [0.2, 0.25) is 11.3 Å². The van der Waals surface area contributed by atoms with Crippen LogP contribution in [0.15, 0.2) is 77.7 Å². The highest BCUT2D eigenvalue weighted by Crippen LogP contribution is 2.24. The molecular weight excluding hydrogens is 444 g/mol. The van der Waals surface area contributed by atoms with Gasteiger partial charge < -0.3 is 19.4 Å². The van der Waals surface area contributed by atoms with E-state index < -0.39 is 11.2 Å². The van der Waals surface area contributed by atoms with E-state index >= 15 is 0 Å². The summed E-state index contributed by atoms with van der Waals surface area (Å²) >= 11 is 0. The molecule has 1 N–H and O–H groups in total. The normalized spacial score (nSPS) is 10.7. The quantitative estimate of drug-likeness (QED) is 0.381. The van der Waals surface area contributed by atoms with Crippen molar-refractivity contribution in [1.29, 1.82) is 0 Å². The molecule has 3 aromatic carbocycles. The summed E-state index contributed by atoms with van der Waals surface area (Å²) in [6.45, 7) is 4.09. The van der Waals surface area contributed by atoms with Crippen LogP contribution in [0.3, 0.4) is 0 Å². The average Bonchev–Trinajstić information content (AvgIpc) is 2.86. The number of methoxy groups -OCH3 is 1. The van der Waals surface area contributed by atoms with E-state index in [9.17, 15) is 14.4 Å². The Kier molecular flexibility index (Phi) is 6.96. The smallest absolute Gasteiger partial charge is 0.244 e. The molecule has 0 bridgehead atoms. The van der Waals surface area contributed by atoms with Crippen molar-refractivity contribution in [1.82, 2.24) is 4.57 Å². The Morgan fingerprint density at radius 2 is 1.74 bits per heavy atom. The van der Waals surface area contributed by atoms with Crippen LogP contribution in [0.4, 0.5) is 5.69 Å². The van der Waals surface area contributed by atoms with E-state index in [-0.39, 0.29) is 18.0 Å². The van der Waals surface area contributed by atoms with Crippen molar-refractivity contribution in [2.45, 2.75) is 20.4 Å². The van der Waals surface area contributed by atoms with Crippen molar-refractivity contribution < 1.29 is 19.1 Å². The lowest BCUT2D eigenvalue weighted by Gasteiger charge is -2.15. The summed E-state index contributed by atoms with van der Waals surface area (Å²) in [4.78, 5) is 39.6. The predicted octanol–water partition coefficient (Wildman–Crippen LogP) is 4.59. The van der Waals surface area contributed by atoms with E-state index in [1.54, 1.807) is 53.1 Å². The molecule has 0 unspecified atom stereocenters. The van der Waals surface area contributed by atoms with Gasteiger partial charge in [0.05, 0.1) is 35.9 Å². The average molecular weight is 471 g/mol. The summed E-state index contributed by atoms with van der Waals surface area (Å²) in [5.41, 5.74) is 2.03. The van der Waals surface area contributed by atoms with E-state index in [4.69, 9.17) is 9.47 Å². The lowest BCUT2D eigenvalue weighted by atomic mass is 10.0. The number of ketones is 1. The number of anilines is 1. The van der Waals surface area contributed by atoms with Crippen LogP contribution in [-0.4, -0.2) is 30.0 Å². The van der Waals surface area contributed by atoms with E-state index in [0.717, 1.165) is 5.56 Å².